The van der Waals surface area contributed by atoms with Gasteiger partial charge in [-0.2, -0.15) is 0 Å². The molecule has 0 saturated carbocycles. The Balaban J connectivity index is 1.88. The lowest BCUT2D eigenvalue weighted by Gasteiger charge is -2.12. The second-order valence-electron chi connectivity index (χ2n) is 6.45. The molecule has 0 bridgehead atoms. The normalized spacial score (nSPS) is 10.8. The van der Waals surface area contributed by atoms with Crippen LogP contribution in [-0.2, 0) is 14.3 Å². The Morgan fingerprint density at radius 1 is 1.24 bits per heavy atom. The third-order valence-electron chi connectivity index (χ3n) is 3.55. The zero-order valence-corrected chi connectivity index (χ0v) is 17.2. The summed E-state index contributed by atoms with van der Waals surface area (Å²) in [4.78, 5) is 27.5. The number of anilines is 1. The smallest absolute Gasteiger partial charge is 0.331 e. The zero-order valence-electron chi connectivity index (χ0n) is 16.5. The fourth-order valence-corrected chi connectivity index (χ4v) is 2.34. The molecule has 0 fully saturated rings. The van der Waals surface area contributed by atoms with E-state index in [1.807, 2.05) is 0 Å². The number of amides is 1. The highest BCUT2D eigenvalue weighted by molar-refractivity contribution is 6.32. The van der Waals surface area contributed by atoms with Gasteiger partial charge in [0.05, 0.1) is 19.4 Å². The highest BCUT2D eigenvalue weighted by Gasteiger charge is 2.09. The SMILES string of the molecule is COc1cc(/C=C/C(=O)OCC(=O)Nc2cccnc2Cl)ccc1OCC(C)C. The number of nitrogens with zero attached hydrogens (tertiary/aromatic N) is 1. The quantitative estimate of drug-likeness (QED) is 0.376. The number of pyridine rings is 1. The molecule has 1 aromatic carbocycles. The first-order valence-electron chi connectivity index (χ1n) is 8.95. The van der Waals surface area contributed by atoms with Crippen molar-refractivity contribution in [2.24, 2.45) is 5.92 Å². The van der Waals surface area contributed by atoms with Gasteiger partial charge in [0.1, 0.15) is 0 Å². The molecule has 0 aliphatic carbocycles. The number of nitrogens with one attached hydrogen (secondary N) is 1. The van der Waals surface area contributed by atoms with Gasteiger partial charge in [-0.25, -0.2) is 9.78 Å². The van der Waals surface area contributed by atoms with Gasteiger partial charge in [0, 0.05) is 12.3 Å². The van der Waals surface area contributed by atoms with E-state index < -0.39 is 18.5 Å². The van der Waals surface area contributed by atoms with Crippen molar-refractivity contribution in [3.63, 3.8) is 0 Å². The van der Waals surface area contributed by atoms with Crippen molar-refractivity contribution < 1.29 is 23.8 Å². The molecule has 2 rings (SSSR count). The van der Waals surface area contributed by atoms with E-state index in [0.717, 1.165) is 5.56 Å². The Morgan fingerprint density at radius 3 is 2.72 bits per heavy atom. The Kier molecular flexibility index (Phi) is 8.48. The number of hydrogen-bond acceptors (Lipinski definition) is 6. The fourth-order valence-electron chi connectivity index (χ4n) is 2.18. The number of ether oxygens (including phenoxy) is 3. The lowest BCUT2D eigenvalue weighted by atomic mass is 10.2. The number of aromatic nitrogens is 1. The second kappa shape index (κ2) is 11.1. The molecule has 0 atom stereocenters. The van der Waals surface area contributed by atoms with Gasteiger partial charge >= 0.3 is 5.97 Å². The highest BCUT2D eigenvalue weighted by atomic mass is 35.5. The van der Waals surface area contributed by atoms with Gasteiger partial charge in [0.2, 0.25) is 0 Å². The van der Waals surface area contributed by atoms with Crippen molar-refractivity contribution in [3.05, 3.63) is 53.3 Å². The van der Waals surface area contributed by atoms with Gasteiger partial charge in [-0.3, -0.25) is 4.79 Å². The summed E-state index contributed by atoms with van der Waals surface area (Å²) in [6.07, 6.45) is 4.29. The molecule has 8 heteroatoms. The summed E-state index contributed by atoms with van der Waals surface area (Å²) in [5, 5.41) is 2.67. The van der Waals surface area contributed by atoms with Crippen LogP contribution in [0.3, 0.4) is 0 Å². The predicted molar refractivity (Wildman–Crippen MR) is 111 cm³/mol. The Hall–Kier alpha value is -3.06. The maximum Gasteiger partial charge on any atom is 0.331 e. The van der Waals surface area contributed by atoms with Crippen LogP contribution in [0.5, 0.6) is 11.5 Å². The van der Waals surface area contributed by atoms with Crippen LogP contribution in [0, 0.1) is 5.92 Å². The standard InChI is InChI=1S/C21H23ClN2O5/c1-14(2)12-28-17-8-6-15(11-18(17)27-3)7-9-20(26)29-13-19(25)24-16-5-4-10-23-21(16)22/h4-11,14H,12-13H2,1-3H3,(H,24,25)/b9-7+. The van der Waals surface area contributed by atoms with Crippen LogP contribution in [-0.4, -0.2) is 37.2 Å². The lowest BCUT2D eigenvalue weighted by molar-refractivity contribution is -0.142. The Labute approximate surface area is 174 Å². The summed E-state index contributed by atoms with van der Waals surface area (Å²) in [7, 11) is 1.55. The molecule has 0 radical (unpaired) electrons. The van der Waals surface area contributed by atoms with Crippen molar-refractivity contribution in [1.29, 1.82) is 0 Å². The van der Waals surface area contributed by atoms with Crippen LogP contribution >= 0.6 is 11.6 Å². The first-order chi connectivity index (χ1) is 13.9. The molecule has 1 amide bonds. The fraction of sp³-hybridized carbons (Fsp3) is 0.286. The van der Waals surface area contributed by atoms with E-state index in [1.165, 1.54) is 12.3 Å². The molecule has 1 heterocycles. The van der Waals surface area contributed by atoms with Gasteiger partial charge < -0.3 is 19.5 Å². The minimum Gasteiger partial charge on any atom is -0.493 e. The second-order valence-corrected chi connectivity index (χ2v) is 6.80. The molecule has 29 heavy (non-hydrogen) atoms. The van der Waals surface area contributed by atoms with E-state index in [1.54, 1.807) is 43.5 Å². The number of benzene rings is 1. The van der Waals surface area contributed by atoms with Crippen molar-refractivity contribution in [3.8, 4) is 11.5 Å². The Morgan fingerprint density at radius 2 is 2.03 bits per heavy atom. The summed E-state index contributed by atoms with van der Waals surface area (Å²) in [5.74, 6) is 0.410. The number of halogens is 1. The average Bonchev–Trinajstić information content (AvgIpc) is 2.71. The third kappa shape index (κ3) is 7.46. The summed E-state index contributed by atoms with van der Waals surface area (Å²) in [5.41, 5.74) is 1.07. The van der Waals surface area contributed by atoms with Gasteiger partial charge in [0.15, 0.2) is 23.3 Å². The predicted octanol–water partition coefficient (Wildman–Crippen LogP) is 3.97. The van der Waals surface area contributed by atoms with E-state index in [4.69, 9.17) is 25.8 Å². The first kappa shape index (κ1) is 22.2. The zero-order chi connectivity index (χ0) is 21.2. The lowest BCUT2D eigenvalue weighted by Crippen LogP contribution is -2.20. The monoisotopic (exact) mass is 418 g/mol. The molecule has 1 aromatic heterocycles. The van der Waals surface area contributed by atoms with Crippen LogP contribution < -0.4 is 14.8 Å². The van der Waals surface area contributed by atoms with E-state index in [9.17, 15) is 9.59 Å². The molecule has 0 aliphatic heterocycles. The number of rotatable bonds is 9. The summed E-state index contributed by atoms with van der Waals surface area (Å²) < 4.78 is 15.9. The van der Waals surface area contributed by atoms with E-state index in [0.29, 0.717) is 29.7 Å². The van der Waals surface area contributed by atoms with Gasteiger partial charge in [0.25, 0.3) is 5.91 Å². The molecule has 0 unspecified atom stereocenters. The van der Waals surface area contributed by atoms with E-state index >= 15 is 0 Å². The average molecular weight is 419 g/mol. The number of carbonyl (C=O) groups is 2. The molecular formula is C21H23ClN2O5. The minimum atomic E-state index is -0.656. The first-order valence-corrected chi connectivity index (χ1v) is 9.33. The van der Waals surface area contributed by atoms with Crippen LogP contribution in [0.1, 0.15) is 19.4 Å². The molecule has 0 spiro atoms. The molecule has 154 valence electrons. The largest absolute Gasteiger partial charge is 0.493 e. The maximum atomic E-state index is 11.9. The van der Waals surface area contributed by atoms with Crippen molar-refractivity contribution >= 4 is 35.2 Å². The topological polar surface area (TPSA) is 86.8 Å². The number of methoxy groups -OCH3 is 1. The molecule has 0 aliphatic rings. The number of carbonyl (C=O) groups excluding carboxylic acids is 2. The summed E-state index contributed by atoms with van der Waals surface area (Å²) in [6, 6.07) is 8.54. The van der Waals surface area contributed by atoms with Crippen LogP contribution in [0.15, 0.2) is 42.6 Å². The molecule has 0 saturated heterocycles. The Bertz CT molecular complexity index is 883. The molecular weight excluding hydrogens is 396 g/mol. The third-order valence-corrected chi connectivity index (χ3v) is 3.85. The van der Waals surface area contributed by atoms with Crippen molar-refractivity contribution in [2.75, 3.05) is 25.6 Å². The summed E-state index contributed by atoms with van der Waals surface area (Å²) in [6.45, 7) is 4.24. The number of esters is 1. The van der Waals surface area contributed by atoms with Crippen LogP contribution in [0.4, 0.5) is 5.69 Å². The van der Waals surface area contributed by atoms with Gasteiger partial charge in [-0.1, -0.05) is 31.5 Å². The van der Waals surface area contributed by atoms with E-state index in [-0.39, 0.29) is 5.15 Å². The minimum absolute atomic E-state index is 0.154. The highest BCUT2D eigenvalue weighted by Crippen LogP contribution is 2.29. The van der Waals surface area contributed by atoms with Crippen molar-refractivity contribution in [2.45, 2.75) is 13.8 Å². The number of hydrogen-bond donors (Lipinski definition) is 1. The van der Waals surface area contributed by atoms with Crippen molar-refractivity contribution in [1.82, 2.24) is 4.98 Å². The van der Waals surface area contributed by atoms with Crippen LogP contribution in [0.25, 0.3) is 6.08 Å². The summed E-state index contributed by atoms with van der Waals surface area (Å²) >= 11 is 5.86. The van der Waals surface area contributed by atoms with Crippen LogP contribution in [0.2, 0.25) is 5.15 Å². The molecule has 7 nitrogen and oxygen atoms in total. The van der Waals surface area contributed by atoms with Gasteiger partial charge in [-0.05, 0) is 41.8 Å². The molecule has 2 aromatic rings. The van der Waals surface area contributed by atoms with Gasteiger partial charge in [-0.15, -0.1) is 0 Å². The van der Waals surface area contributed by atoms with E-state index in [2.05, 4.69) is 24.1 Å². The molecule has 1 N–H and O–H groups in total. The maximum absolute atomic E-state index is 11.9.